The van der Waals surface area contributed by atoms with Gasteiger partial charge >= 0.3 is 18.1 Å². The van der Waals surface area contributed by atoms with Crippen LogP contribution in [0.5, 0.6) is 0 Å². The Kier molecular flexibility index (Phi) is 12.8. The fraction of sp³-hybridized carbons (Fsp3) is 0.417. The average Bonchev–Trinajstić information content (AvgIpc) is 3.71. The second kappa shape index (κ2) is 17.0. The van der Waals surface area contributed by atoms with Crippen molar-refractivity contribution in [3.8, 4) is 5.69 Å². The number of carboxylic acids is 2. The molecule has 0 bridgehead atoms. The molecule has 0 radical (unpaired) electrons. The molecule has 1 fully saturated rings. The van der Waals surface area contributed by atoms with Crippen LogP contribution in [0.4, 0.5) is 18.9 Å². The summed E-state index contributed by atoms with van der Waals surface area (Å²) in [5, 5.41) is 32.4. The molecule has 1 amide bonds. The van der Waals surface area contributed by atoms with Gasteiger partial charge < -0.3 is 20.8 Å². The van der Waals surface area contributed by atoms with Crippen molar-refractivity contribution in [2.45, 2.75) is 77.4 Å². The predicted molar refractivity (Wildman–Crippen MR) is 181 cm³/mol. The van der Waals surface area contributed by atoms with E-state index in [9.17, 15) is 27.6 Å². The lowest BCUT2D eigenvalue weighted by molar-refractivity contribution is -0.138. The molecule has 268 valence electrons. The number of aromatic nitrogens is 4. The van der Waals surface area contributed by atoms with Gasteiger partial charge in [-0.15, -0.1) is 0 Å². The van der Waals surface area contributed by atoms with Crippen LogP contribution in [0.3, 0.4) is 0 Å². The largest absolute Gasteiger partial charge is 0.481 e. The summed E-state index contributed by atoms with van der Waals surface area (Å²) in [6.07, 6.45) is 5.78. The summed E-state index contributed by atoms with van der Waals surface area (Å²) in [6, 6.07) is 12.0. The van der Waals surface area contributed by atoms with Gasteiger partial charge in [-0.25, -0.2) is 9.48 Å². The SMILES string of the molecule is CCc1nn(-c2ccc(C(F)(F)F)cc2)cc1C(Nc1ccc(C(=O)NCCC(=O)O)cc1)C1CCCCC1.CCc1nn(C)cc1C(=O)O. The molecule has 4 aromatic rings. The molecular weight excluding hydrogens is 653 g/mol. The summed E-state index contributed by atoms with van der Waals surface area (Å²) in [4.78, 5) is 33.6. The molecule has 2 heterocycles. The first-order valence-electron chi connectivity index (χ1n) is 16.7. The van der Waals surface area contributed by atoms with Crippen LogP contribution in [0.1, 0.15) is 102 Å². The Morgan fingerprint density at radius 3 is 2.08 bits per heavy atom. The Balaban J connectivity index is 0.000000435. The molecule has 2 aromatic carbocycles. The van der Waals surface area contributed by atoms with Crippen molar-refractivity contribution in [1.29, 1.82) is 0 Å². The molecule has 0 saturated heterocycles. The number of nitrogens with zero attached hydrogens (tertiary/aromatic N) is 4. The lowest BCUT2D eigenvalue weighted by atomic mass is 9.81. The Labute approximate surface area is 288 Å². The quantitative estimate of drug-likeness (QED) is 0.123. The van der Waals surface area contributed by atoms with Gasteiger partial charge in [0.25, 0.3) is 5.91 Å². The number of benzene rings is 2. The van der Waals surface area contributed by atoms with Crippen LogP contribution in [0.15, 0.2) is 60.9 Å². The molecule has 5 rings (SSSR count). The molecule has 14 heteroatoms. The molecule has 1 unspecified atom stereocenters. The summed E-state index contributed by atoms with van der Waals surface area (Å²) >= 11 is 0. The molecule has 4 N–H and O–H groups in total. The van der Waals surface area contributed by atoms with Gasteiger partial charge in [0, 0.05) is 42.8 Å². The van der Waals surface area contributed by atoms with E-state index in [0.717, 1.165) is 54.8 Å². The van der Waals surface area contributed by atoms with Gasteiger partial charge in [0.15, 0.2) is 0 Å². The topological polar surface area (TPSA) is 151 Å². The normalized spacial score (nSPS) is 14.0. The number of halogens is 3. The van der Waals surface area contributed by atoms with Crippen molar-refractivity contribution in [2.24, 2.45) is 13.0 Å². The third kappa shape index (κ3) is 9.95. The highest BCUT2D eigenvalue weighted by molar-refractivity contribution is 5.94. The van der Waals surface area contributed by atoms with Gasteiger partial charge in [0.1, 0.15) is 5.56 Å². The summed E-state index contributed by atoms with van der Waals surface area (Å²) in [6.45, 7) is 3.95. The third-order valence-corrected chi connectivity index (χ3v) is 8.64. The molecule has 0 spiro atoms. The Morgan fingerprint density at radius 2 is 1.54 bits per heavy atom. The lowest BCUT2D eigenvalue weighted by Gasteiger charge is -2.32. The van der Waals surface area contributed by atoms with Crippen molar-refractivity contribution in [1.82, 2.24) is 24.9 Å². The van der Waals surface area contributed by atoms with Gasteiger partial charge in [-0.3, -0.25) is 14.3 Å². The van der Waals surface area contributed by atoms with E-state index in [0.29, 0.717) is 41.3 Å². The molecule has 11 nitrogen and oxygen atoms in total. The number of rotatable bonds is 12. The number of carbonyl (C=O) groups excluding carboxylic acids is 1. The van der Waals surface area contributed by atoms with Crippen molar-refractivity contribution < 1.29 is 37.8 Å². The summed E-state index contributed by atoms with van der Waals surface area (Å²) in [5.74, 6) is -1.86. The van der Waals surface area contributed by atoms with Gasteiger partial charge in [0.2, 0.25) is 0 Å². The molecular formula is C36H43F3N6O5. The molecule has 0 aliphatic heterocycles. The average molecular weight is 697 g/mol. The zero-order valence-corrected chi connectivity index (χ0v) is 28.3. The number of anilines is 1. The van der Waals surface area contributed by atoms with Crippen molar-refractivity contribution in [2.75, 3.05) is 11.9 Å². The molecule has 50 heavy (non-hydrogen) atoms. The Morgan fingerprint density at radius 1 is 0.900 bits per heavy atom. The fourth-order valence-electron chi connectivity index (χ4n) is 6.07. The van der Waals surface area contributed by atoms with Crippen molar-refractivity contribution in [3.05, 3.63) is 94.6 Å². The molecule has 1 saturated carbocycles. The maximum atomic E-state index is 13.0. The summed E-state index contributed by atoms with van der Waals surface area (Å²) in [5.41, 5.74) is 3.96. The van der Waals surface area contributed by atoms with E-state index in [1.165, 1.54) is 29.4 Å². The minimum atomic E-state index is -4.40. The van der Waals surface area contributed by atoms with Gasteiger partial charge in [0.05, 0.1) is 35.1 Å². The zero-order chi connectivity index (χ0) is 36.4. The number of alkyl halides is 3. The lowest BCUT2D eigenvalue weighted by Crippen LogP contribution is -2.26. The zero-order valence-electron chi connectivity index (χ0n) is 28.3. The first-order chi connectivity index (χ1) is 23.8. The minimum absolute atomic E-state index is 0.0562. The first kappa shape index (κ1) is 37.7. The molecule has 1 aliphatic rings. The van der Waals surface area contributed by atoms with Gasteiger partial charge in [-0.2, -0.15) is 23.4 Å². The molecule has 1 atom stereocenters. The van der Waals surface area contributed by atoms with Gasteiger partial charge in [-0.1, -0.05) is 33.1 Å². The van der Waals surface area contributed by atoms with Crippen LogP contribution in [0.25, 0.3) is 5.69 Å². The van der Waals surface area contributed by atoms with Crippen LogP contribution in [0, 0.1) is 5.92 Å². The highest BCUT2D eigenvalue weighted by Gasteiger charge is 2.31. The van der Waals surface area contributed by atoms with Crippen molar-refractivity contribution in [3.63, 3.8) is 0 Å². The van der Waals surface area contributed by atoms with Crippen LogP contribution >= 0.6 is 0 Å². The minimum Gasteiger partial charge on any atom is -0.481 e. The Bertz CT molecular complexity index is 1740. The van der Waals surface area contributed by atoms with E-state index in [2.05, 4.69) is 15.7 Å². The van der Waals surface area contributed by atoms with E-state index < -0.39 is 23.7 Å². The van der Waals surface area contributed by atoms with Gasteiger partial charge in [-0.05, 0) is 80.1 Å². The second-order valence-electron chi connectivity index (χ2n) is 12.2. The van der Waals surface area contributed by atoms with Crippen LogP contribution in [-0.4, -0.2) is 54.2 Å². The molecule has 2 aromatic heterocycles. The van der Waals surface area contributed by atoms with Crippen LogP contribution < -0.4 is 10.6 Å². The Hall–Kier alpha value is -5.14. The van der Waals surface area contributed by atoms with E-state index in [4.69, 9.17) is 15.3 Å². The number of hydrogen-bond donors (Lipinski definition) is 4. The number of aromatic carboxylic acids is 1. The number of aliphatic carboxylic acids is 1. The number of nitrogens with one attached hydrogen (secondary N) is 2. The number of carbonyl (C=O) groups is 3. The third-order valence-electron chi connectivity index (χ3n) is 8.64. The summed E-state index contributed by atoms with van der Waals surface area (Å²) in [7, 11) is 1.71. The second-order valence-corrected chi connectivity index (χ2v) is 12.2. The maximum Gasteiger partial charge on any atom is 0.416 e. The maximum absolute atomic E-state index is 13.0. The highest BCUT2D eigenvalue weighted by atomic mass is 19.4. The van der Waals surface area contributed by atoms with E-state index in [1.54, 1.807) is 23.9 Å². The smallest absolute Gasteiger partial charge is 0.416 e. The number of carboxylic acid groups (broad SMARTS) is 2. The number of amides is 1. The number of aryl methyl sites for hydroxylation is 3. The first-order valence-corrected chi connectivity index (χ1v) is 16.7. The molecule has 1 aliphatic carbocycles. The van der Waals surface area contributed by atoms with Crippen LogP contribution in [0.2, 0.25) is 0 Å². The monoisotopic (exact) mass is 696 g/mol. The van der Waals surface area contributed by atoms with Crippen LogP contribution in [-0.2, 0) is 30.9 Å². The fourth-order valence-corrected chi connectivity index (χ4v) is 6.07. The van der Waals surface area contributed by atoms with E-state index in [1.807, 2.05) is 32.2 Å². The van der Waals surface area contributed by atoms with E-state index >= 15 is 0 Å². The van der Waals surface area contributed by atoms with Crippen molar-refractivity contribution >= 4 is 23.5 Å². The van der Waals surface area contributed by atoms with E-state index in [-0.39, 0.29) is 24.9 Å². The number of hydrogen-bond acceptors (Lipinski definition) is 6. The highest BCUT2D eigenvalue weighted by Crippen LogP contribution is 2.38. The summed E-state index contributed by atoms with van der Waals surface area (Å²) < 4.78 is 42.3. The predicted octanol–water partition coefficient (Wildman–Crippen LogP) is 7.07. The standard InChI is InChI=1S/C29H33F3N4O3.C7H10N2O2/c1-2-25-24(18-36(35-25)23-14-10-21(11-15-23)29(30,31)32)27(19-6-4-3-5-7-19)34-22-12-8-20(9-13-22)28(39)33-17-16-26(37)38;1-3-6-5(7(10)11)4-9(2)8-6/h8-15,18-19,27,34H,2-7,16-17H2,1H3,(H,33,39)(H,37,38);4H,3H2,1-2H3,(H,10,11).